The van der Waals surface area contributed by atoms with Gasteiger partial charge in [0, 0.05) is 10.9 Å². The second-order valence-corrected chi connectivity index (χ2v) is 5.78. The van der Waals surface area contributed by atoms with Crippen LogP contribution in [0.4, 0.5) is 0 Å². The Morgan fingerprint density at radius 3 is 2.32 bits per heavy atom. The van der Waals surface area contributed by atoms with Crippen LogP contribution < -0.4 is 4.74 Å². The van der Waals surface area contributed by atoms with E-state index in [1.807, 2.05) is 0 Å². The lowest BCUT2D eigenvalue weighted by Gasteiger charge is -2.10. The van der Waals surface area contributed by atoms with Crippen LogP contribution in [-0.4, -0.2) is 12.1 Å². The third kappa shape index (κ3) is 2.69. The molecule has 3 rings (SSSR count). The zero-order valence-corrected chi connectivity index (χ0v) is 13.6. The van der Waals surface area contributed by atoms with Crippen LogP contribution >= 0.6 is 0 Å². The van der Waals surface area contributed by atoms with Gasteiger partial charge in [-0.25, -0.2) is 4.98 Å². The lowest BCUT2D eigenvalue weighted by Crippen LogP contribution is -1.93. The van der Waals surface area contributed by atoms with E-state index < -0.39 is 0 Å². The fourth-order valence-corrected chi connectivity index (χ4v) is 2.94. The highest BCUT2D eigenvalue weighted by Crippen LogP contribution is 2.28. The Morgan fingerprint density at radius 1 is 0.955 bits per heavy atom. The number of ether oxygens (including phenoxy) is 1. The molecule has 0 amide bonds. The molecule has 1 heterocycles. The third-order valence-electron chi connectivity index (χ3n) is 3.99. The molecule has 0 saturated heterocycles. The number of fused-ring (bicyclic) bond motifs is 1. The van der Waals surface area contributed by atoms with Crippen molar-refractivity contribution in [3.63, 3.8) is 0 Å². The molecule has 0 aliphatic rings. The van der Waals surface area contributed by atoms with E-state index in [2.05, 4.69) is 63.2 Å². The largest absolute Gasteiger partial charge is 0.496 e. The second-order valence-electron chi connectivity index (χ2n) is 5.78. The SMILES string of the molecule is CCc1cc2nc(-c3cc(C)cc(C)c3)ccc2cc1OC. The molecule has 0 spiro atoms. The molecular weight excluding hydrogens is 270 g/mol. The van der Waals surface area contributed by atoms with E-state index in [0.717, 1.165) is 28.8 Å². The number of aromatic nitrogens is 1. The summed E-state index contributed by atoms with van der Waals surface area (Å²) >= 11 is 0. The highest BCUT2D eigenvalue weighted by atomic mass is 16.5. The molecule has 1 aromatic heterocycles. The molecule has 3 aromatic rings. The van der Waals surface area contributed by atoms with Gasteiger partial charge in [0.05, 0.1) is 18.3 Å². The average molecular weight is 291 g/mol. The molecule has 2 aromatic carbocycles. The van der Waals surface area contributed by atoms with Gasteiger partial charge in [0.25, 0.3) is 0 Å². The summed E-state index contributed by atoms with van der Waals surface area (Å²) in [5.74, 6) is 0.941. The summed E-state index contributed by atoms with van der Waals surface area (Å²) in [6, 6.07) is 15.0. The zero-order chi connectivity index (χ0) is 15.7. The molecule has 0 atom stereocenters. The Hall–Kier alpha value is -2.35. The van der Waals surface area contributed by atoms with Crippen LogP contribution in [0.25, 0.3) is 22.2 Å². The minimum Gasteiger partial charge on any atom is -0.496 e. The van der Waals surface area contributed by atoms with E-state index in [9.17, 15) is 0 Å². The first-order chi connectivity index (χ1) is 10.6. The van der Waals surface area contributed by atoms with Gasteiger partial charge >= 0.3 is 0 Å². The number of nitrogens with zero attached hydrogens (tertiary/aromatic N) is 1. The normalized spacial score (nSPS) is 10.9. The number of pyridine rings is 1. The number of methoxy groups -OCH3 is 1. The van der Waals surface area contributed by atoms with E-state index in [-0.39, 0.29) is 0 Å². The fourth-order valence-electron chi connectivity index (χ4n) is 2.94. The molecular formula is C20H21NO. The van der Waals surface area contributed by atoms with Crippen molar-refractivity contribution in [1.29, 1.82) is 0 Å². The predicted molar refractivity (Wildman–Crippen MR) is 92.6 cm³/mol. The van der Waals surface area contributed by atoms with Crippen LogP contribution in [0.1, 0.15) is 23.6 Å². The molecule has 0 saturated carbocycles. The lowest BCUT2D eigenvalue weighted by atomic mass is 10.0. The Labute approximate surface area is 131 Å². The van der Waals surface area contributed by atoms with Gasteiger partial charge in [0.2, 0.25) is 0 Å². The Bertz CT molecular complexity index is 816. The smallest absolute Gasteiger partial charge is 0.122 e. The number of hydrogen-bond donors (Lipinski definition) is 0. The van der Waals surface area contributed by atoms with Crippen molar-refractivity contribution in [2.24, 2.45) is 0 Å². The molecule has 0 radical (unpaired) electrons. The minimum absolute atomic E-state index is 0.939. The maximum atomic E-state index is 5.46. The van der Waals surface area contributed by atoms with Crippen molar-refractivity contribution in [3.05, 3.63) is 59.2 Å². The predicted octanol–water partition coefficient (Wildman–Crippen LogP) is 5.09. The topological polar surface area (TPSA) is 22.1 Å². The van der Waals surface area contributed by atoms with E-state index in [1.165, 1.54) is 22.3 Å². The van der Waals surface area contributed by atoms with Crippen molar-refractivity contribution < 1.29 is 4.74 Å². The summed E-state index contributed by atoms with van der Waals surface area (Å²) in [5, 5.41) is 1.11. The van der Waals surface area contributed by atoms with Crippen molar-refractivity contribution >= 4 is 10.9 Å². The van der Waals surface area contributed by atoms with E-state index >= 15 is 0 Å². The summed E-state index contributed by atoms with van der Waals surface area (Å²) < 4.78 is 5.46. The highest BCUT2D eigenvalue weighted by molar-refractivity contribution is 5.84. The Kier molecular flexibility index (Phi) is 3.84. The quantitative estimate of drug-likeness (QED) is 0.670. The number of aryl methyl sites for hydroxylation is 3. The van der Waals surface area contributed by atoms with Crippen LogP contribution in [-0.2, 0) is 6.42 Å². The van der Waals surface area contributed by atoms with Gasteiger partial charge < -0.3 is 4.74 Å². The summed E-state index contributed by atoms with van der Waals surface area (Å²) in [4.78, 5) is 4.86. The monoisotopic (exact) mass is 291 g/mol. The van der Waals surface area contributed by atoms with Crippen LogP contribution in [0.2, 0.25) is 0 Å². The molecule has 2 heteroatoms. The van der Waals surface area contributed by atoms with E-state index in [4.69, 9.17) is 9.72 Å². The number of benzene rings is 2. The van der Waals surface area contributed by atoms with Gasteiger partial charge in [-0.15, -0.1) is 0 Å². The maximum absolute atomic E-state index is 5.46. The highest BCUT2D eigenvalue weighted by Gasteiger charge is 2.07. The molecule has 0 aliphatic heterocycles. The molecule has 0 aliphatic carbocycles. The molecule has 0 fully saturated rings. The van der Waals surface area contributed by atoms with Crippen molar-refractivity contribution in [2.45, 2.75) is 27.2 Å². The lowest BCUT2D eigenvalue weighted by molar-refractivity contribution is 0.411. The Morgan fingerprint density at radius 2 is 1.68 bits per heavy atom. The first-order valence-electron chi connectivity index (χ1n) is 7.67. The molecule has 0 N–H and O–H groups in total. The average Bonchev–Trinajstić information content (AvgIpc) is 2.52. The second kappa shape index (κ2) is 5.80. The van der Waals surface area contributed by atoms with Gasteiger partial charge in [-0.2, -0.15) is 0 Å². The molecule has 0 bridgehead atoms. The molecule has 0 unspecified atom stereocenters. The molecule has 22 heavy (non-hydrogen) atoms. The summed E-state index contributed by atoms with van der Waals surface area (Å²) in [5.41, 5.74) is 6.94. The van der Waals surface area contributed by atoms with Crippen LogP contribution in [0.3, 0.4) is 0 Å². The van der Waals surface area contributed by atoms with Gasteiger partial charge in [-0.1, -0.05) is 30.2 Å². The zero-order valence-electron chi connectivity index (χ0n) is 13.6. The number of rotatable bonds is 3. The molecule has 2 nitrogen and oxygen atoms in total. The molecule has 112 valence electrons. The van der Waals surface area contributed by atoms with Gasteiger partial charge in [-0.3, -0.25) is 0 Å². The summed E-state index contributed by atoms with van der Waals surface area (Å²) in [6.07, 6.45) is 0.939. The fraction of sp³-hybridized carbons (Fsp3) is 0.250. The Balaban J connectivity index is 2.16. The van der Waals surface area contributed by atoms with Gasteiger partial charge in [0.1, 0.15) is 5.75 Å². The minimum atomic E-state index is 0.939. The maximum Gasteiger partial charge on any atom is 0.122 e. The van der Waals surface area contributed by atoms with Crippen molar-refractivity contribution in [3.8, 4) is 17.0 Å². The van der Waals surface area contributed by atoms with Crippen molar-refractivity contribution in [1.82, 2.24) is 4.98 Å². The van der Waals surface area contributed by atoms with Crippen LogP contribution in [0.15, 0.2) is 42.5 Å². The summed E-state index contributed by atoms with van der Waals surface area (Å²) in [6.45, 7) is 6.38. The van der Waals surface area contributed by atoms with E-state index in [1.54, 1.807) is 7.11 Å². The number of hydrogen-bond acceptors (Lipinski definition) is 2. The van der Waals surface area contributed by atoms with E-state index in [0.29, 0.717) is 0 Å². The van der Waals surface area contributed by atoms with Crippen LogP contribution in [0, 0.1) is 13.8 Å². The van der Waals surface area contributed by atoms with Gasteiger partial charge in [0.15, 0.2) is 0 Å². The third-order valence-corrected chi connectivity index (χ3v) is 3.99. The van der Waals surface area contributed by atoms with Crippen LogP contribution in [0.5, 0.6) is 5.75 Å². The standard InChI is InChI=1S/C20H21NO/c1-5-15-11-19-16(12-20(15)22-4)6-7-18(21-19)17-9-13(2)8-14(3)10-17/h6-12H,5H2,1-4H3. The van der Waals surface area contributed by atoms with Crippen molar-refractivity contribution in [2.75, 3.05) is 7.11 Å². The van der Waals surface area contributed by atoms with Gasteiger partial charge in [-0.05, 0) is 56.2 Å². The first kappa shape index (κ1) is 14.6. The first-order valence-corrected chi connectivity index (χ1v) is 7.67. The summed E-state index contributed by atoms with van der Waals surface area (Å²) in [7, 11) is 1.72.